The number of pyridine rings is 2. The van der Waals surface area contributed by atoms with Crippen molar-refractivity contribution in [1.82, 2.24) is 20.8 Å². The first kappa shape index (κ1) is 20.5. The molecular formula is C24H26N6O2. The Morgan fingerprint density at radius 2 is 1.19 bits per heavy atom. The van der Waals surface area contributed by atoms with Crippen LogP contribution in [0.15, 0.2) is 59.3 Å². The molecule has 4 saturated carbocycles. The lowest BCUT2D eigenvalue weighted by atomic mass is 9.45. The van der Waals surface area contributed by atoms with Gasteiger partial charge in [-0.1, -0.05) is 0 Å². The molecule has 0 aliphatic heterocycles. The number of amides is 2. The maximum atomic E-state index is 12.3. The zero-order chi connectivity index (χ0) is 22.0. The second-order valence-electron chi connectivity index (χ2n) is 9.56. The van der Waals surface area contributed by atoms with E-state index in [9.17, 15) is 9.59 Å². The van der Waals surface area contributed by atoms with E-state index in [4.69, 9.17) is 0 Å². The number of hydrogen-bond donors (Lipinski definition) is 2. The summed E-state index contributed by atoms with van der Waals surface area (Å²) in [6.45, 7) is 0. The summed E-state index contributed by atoms with van der Waals surface area (Å²) >= 11 is 0. The van der Waals surface area contributed by atoms with E-state index < -0.39 is 0 Å². The zero-order valence-electron chi connectivity index (χ0n) is 17.8. The monoisotopic (exact) mass is 430 g/mol. The first-order valence-corrected chi connectivity index (χ1v) is 11.0. The summed E-state index contributed by atoms with van der Waals surface area (Å²) in [6.07, 6.45) is 16.9. The van der Waals surface area contributed by atoms with Crippen LogP contribution in [0, 0.1) is 22.7 Å². The Labute approximate surface area is 186 Å². The van der Waals surface area contributed by atoms with Gasteiger partial charge in [0.1, 0.15) is 0 Å². The summed E-state index contributed by atoms with van der Waals surface area (Å²) in [4.78, 5) is 32.5. The number of nitrogens with zero attached hydrogens (tertiary/aromatic N) is 4. The van der Waals surface area contributed by atoms with Crippen molar-refractivity contribution in [3.05, 3.63) is 60.2 Å². The van der Waals surface area contributed by atoms with Crippen LogP contribution >= 0.6 is 0 Å². The lowest BCUT2D eigenvalue weighted by Crippen LogP contribution is -2.53. The molecule has 6 rings (SSSR count). The second-order valence-corrected chi connectivity index (χ2v) is 9.56. The van der Waals surface area contributed by atoms with Gasteiger partial charge < -0.3 is 0 Å². The van der Waals surface area contributed by atoms with E-state index in [-0.39, 0.29) is 22.6 Å². The number of nitrogens with one attached hydrogen (secondary N) is 2. The number of carbonyl (C=O) groups is 2. The van der Waals surface area contributed by atoms with Gasteiger partial charge in [-0.3, -0.25) is 19.6 Å². The van der Waals surface area contributed by atoms with Gasteiger partial charge in [0, 0.05) is 59.2 Å². The molecule has 4 bridgehead atoms. The molecule has 2 N–H and O–H groups in total. The fraction of sp³-hybridized carbons (Fsp3) is 0.417. The van der Waals surface area contributed by atoms with E-state index in [2.05, 4.69) is 31.0 Å². The van der Waals surface area contributed by atoms with E-state index in [0.717, 1.165) is 32.1 Å². The lowest BCUT2D eigenvalue weighted by Gasteiger charge is -2.59. The Morgan fingerprint density at radius 3 is 1.59 bits per heavy atom. The molecule has 8 heteroatoms. The third kappa shape index (κ3) is 4.17. The van der Waals surface area contributed by atoms with Crippen LogP contribution in [0.4, 0.5) is 0 Å². The number of hydrogen-bond acceptors (Lipinski definition) is 6. The van der Waals surface area contributed by atoms with Crippen LogP contribution in [-0.2, 0) is 0 Å². The molecule has 0 aromatic carbocycles. The Hall–Kier alpha value is -3.42. The Bertz CT molecular complexity index is 957. The fourth-order valence-corrected chi connectivity index (χ4v) is 6.30. The molecule has 4 fully saturated rings. The summed E-state index contributed by atoms with van der Waals surface area (Å²) < 4.78 is 0. The smallest absolute Gasteiger partial charge is 0.267 e. The molecule has 4 aliphatic carbocycles. The summed E-state index contributed by atoms with van der Waals surface area (Å²) in [6, 6.07) is 6.67. The highest BCUT2D eigenvalue weighted by atomic mass is 16.2. The third-order valence-corrected chi connectivity index (χ3v) is 7.05. The highest BCUT2D eigenvalue weighted by Gasteiger charge is 2.56. The second kappa shape index (κ2) is 8.26. The van der Waals surface area contributed by atoms with Gasteiger partial charge in [0.05, 0.1) is 0 Å². The molecule has 2 heterocycles. The van der Waals surface area contributed by atoms with Crippen LogP contribution < -0.4 is 10.9 Å². The number of carbonyl (C=O) groups excluding carboxylic acids is 2. The average Bonchev–Trinajstić information content (AvgIpc) is 2.79. The van der Waals surface area contributed by atoms with Crippen molar-refractivity contribution < 1.29 is 9.59 Å². The molecule has 0 radical (unpaired) electrons. The van der Waals surface area contributed by atoms with Gasteiger partial charge in [0.25, 0.3) is 11.8 Å². The molecule has 2 aromatic rings. The quantitative estimate of drug-likeness (QED) is 0.542. The van der Waals surface area contributed by atoms with Crippen molar-refractivity contribution in [2.45, 2.75) is 38.5 Å². The minimum absolute atomic E-state index is 0.0310. The van der Waals surface area contributed by atoms with Crippen molar-refractivity contribution >= 4 is 24.2 Å². The van der Waals surface area contributed by atoms with Crippen molar-refractivity contribution in [1.29, 1.82) is 0 Å². The maximum absolute atomic E-state index is 12.3. The molecule has 8 nitrogen and oxygen atoms in total. The topological polar surface area (TPSA) is 109 Å². The average molecular weight is 431 g/mol. The van der Waals surface area contributed by atoms with E-state index >= 15 is 0 Å². The largest absolute Gasteiger partial charge is 0.271 e. The van der Waals surface area contributed by atoms with Gasteiger partial charge >= 0.3 is 0 Å². The molecule has 2 aromatic heterocycles. The molecular weight excluding hydrogens is 404 g/mol. The predicted molar refractivity (Wildman–Crippen MR) is 120 cm³/mol. The Kier molecular flexibility index (Phi) is 5.28. The summed E-state index contributed by atoms with van der Waals surface area (Å²) in [5.41, 5.74) is 6.35. The SMILES string of the molecule is O=C(N/N=C/C12CC3CC(C1)CC(/C=N/NC(=O)c1ccncc1)(C3)C2)c1ccncc1. The van der Waals surface area contributed by atoms with Crippen LogP contribution in [0.25, 0.3) is 0 Å². The fourth-order valence-electron chi connectivity index (χ4n) is 6.30. The molecule has 0 spiro atoms. The predicted octanol–water partition coefficient (Wildman–Crippen LogP) is 3.19. The molecule has 2 amide bonds. The van der Waals surface area contributed by atoms with Gasteiger partial charge in [-0.2, -0.15) is 10.2 Å². The van der Waals surface area contributed by atoms with Gasteiger partial charge in [-0.25, -0.2) is 10.9 Å². The van der Waals surface area contributed by atoms with Crippen molar-refractivity contribution in [2.75, 3.05) is 0 Å². The van der Waals surface area contributed by atoms with Crippen LogP contribution in [0.3, 0.4) is 0 Å². The molecule has 164 valence electrons. The third-order valence-electron chi connectivity index (χ3n) is 7.05. The number of hydrazone groups is 2. The van der Waals surface area contributed by atoms with E-state index in [1.807, 2.05) is 12.4 Å². The highest BCUT2D eigenvalue weighted by molar-refractivity contribution is 5.94. The first-order chi connectivity index (χ1) is 15.5. The lowest BCUT2D eigenvalue weighted by molar-refractivity contribution is -0.0371. The van der Waals surface area contributed by atoms with Gasteiger partial charge in [0.2, 0.25) is 0 Å². The maximum Gasteiger partial charge on any atom is 0.271 e. The Balaban J connectivity index is 1.26. The van der Waals surface area contributed by atoms with Crippen LogP contribution in [0.5, 0.6) is 0 Å². The van der Waals surface area contributed by atoms with Crippen LogP contribution in [-0.4, -0.2) is 34.2 Å². The molecule has 32 heavy (non-hydrogen) atoms. The van der Waals surface area contributed by atoms with Crippen molar-refractivity contribution in [3.63, 3.8) is 0 Å². The Morgan fingerprint density at radius 1 is 0.781 bits per heavy atom. The van der Waals surface area contributed by atoms with Crippen molar-refractivity contribution in [3.8, 4) is 0 Å². The number of rotatable bonds is 6. The summed E-state index contributed by atoms with van der Waals surface area (Å²) in [7, 11) is 0. The minimum Gasteiger partial charge on any atom is -0.267 e. The van der Waals surface area contributed by atoms with Gasteiger partial charge in [-0.05, 0) is 74.6 Å². The van der Waals surface area contributed by atoms with E-state index in [1.165, 1.54) is 6.42 Å². The highest BCUT2D eigenvalue weighted by Crippen LogP contribution is 2.64. The van der Waals surface area contributed by atoms with E-state index in [1.54, 1.807) is 49.1 Å². The van der Waals surface area contributed by atoms with Gasteiger partial charge in [-0.15, -0.1) is 0 Å². The van der Waals surface area contributed by atoms with Crippen LogP contribution in [0.1, 0.15) is 59.2 Å². The first-order valence-electron chi connectivity index (χ1n) is 11.0. The molecule has 4 aliphatic rings. The number of aromatic nitrogens is 2. The van der Waals surface area contributed by atoms with Crippen molar-refractivity contribution in [2.24, 2.45) is 32.9 Å². The summed E-state index contributed by atoms with van der Waals surface area (Å²) in [5, 5.41) is 8.70. The molecule has 0 unspecified atom stereocenters. The zero-order valence-corrected chi connectivity index (χ0v) is 17.8. The summed E-state index contributed by atoms with van der Waals surface area (Å²) in [5.74, 6) is 0.786. The van der Waals surface area contributed by atoms with E-state index in [0.29, 0.717) is 23.0 Å². The van der Waals surface area contributed by atoms with Crippen LogP contribution in [0.2, 0.25) is 0 Å². The molecule has 0 saturated heterocycles. The standard InChI is InChI=1S/C24H26N6O2/c31-21(19-1-5-25-6-2-19)29-27-15-23-10-17-9-18(11-23)13-24(12-17,14-23)16-28-30-22(32)20-3-7-26-8-4-20/h1-8,15-18H,9-14H2,(H,29,31)(H,30,32)/b27-15+,28-16+. The normalized spacial score (nSPS) is 30.6. The van der Waals surface area contributed by atoms with Gasteiger partial charge in [0.15, 0.2) is 0 Å². The minimum atomic E-state index is -0.233. The molecule has 0 atom stereocenters.